The second-order valence-corrected chi connectivity index (χ2v) is 8.29. The number of halogens is 3. The van der Waals surface area contributed by atoms with Gasteiger partial charge in [-0.2, -0.15) is 0 Å². The second-order valence-electron chi connectivity index (χ2n) is 7.08. The first-order valence-electron chi connectivity index (χ1n) is 8.94. The molecule has 2 aliphatic rings. The smallest absolute Gasteiger partial charge is 0.411 e. The van der Waals surface area contributed by atoms with Gasteiger partial charge in [0.15, 0.2) is 0 Å². The Bertz CT molecular complexity index is 1040. The molecular weight excluding hydrogens is 437 g/mol. The highest BCUT2D eigenvalue weighted by molar-refractivity contribution is 6.32. The van der Waals surface area contributed by atoms with Crippen molar-refractivity contribution in [3.63, 3.8) is 0 Å². The topological polar surface area (TPSA) is 82.5 Å². The quantitative estimate of drug-likeness (QED) is 0.632. The van der Waals surface area contributed by atoms with Crippen molar-refractivity contribution in [3.8, 4) is 0 Å². The van der Waals surface area contributed by atoms with Gasteiger partial charge in [0, 0.05) is 23.5 Å². The van der Waals surface area contributed by atoms with Gasteiger partial charge in [-0.3, -0.25) is 9.69 Å². The molecule has 2 aliphatic heterocycles. The van der Waals surface area contributed by atoms with Gasteiger partial charge in [-0.1, -0.05) is 40.9 Å². The first-order chi connectivity index (χ1) is 13.8. The van der Waals surface area contributed by atoms with Crippen molar-refractivity contribution in [1.82, 2.24) is 9.88 Å². The van der Waals surface area contributed by atoms with Crippen molar-refractivity contribution >= 4 is 52.5 Å². The van der Waals surface area contributed by atoms with Gasteiger partial charge in [0.2, 0.25) is 5.91 Å². The summed E-state index contributed by atoms with van der Waals surface area (Å²) in [5.74, 6) is -0.239. The summed E-state index contributed by atoms with van der Waals surface area (Å²) in [4.78, 5) is 30.1. The molecule has 0 saturated carbocycles. The Hall–Kier alpha value is -2.28. The van der Waals surface area contributed by atoms with E-state index in [1.807, 2.05) is 0 Å². The van der Waals surface area contributed by atoms with Crippen LogP contribution in [0.15, 0.2) is 42.1 Å². The molecule has 2 amide bonds. The lowest BCUT2D eigenvalue weighted by atomic mass is 9.69. The molecule has 1 unspecified atom stereocenters. The third kappa shape index (κ3) is 3.56. The van der Waals surface area contributed by atoms with E-state index in [1.165, 1.54) is 4.90 Å². The Kier molecular flexibility index (Phi) is 5.19. The number of carbonyl (C=O) groups is 2. The maximum atomic E-state index is 13.4. The van der Waals surface area contributed by atoms with Gasteiger partial charge in [0.1, 0.15) is 15.7 Å². The number of aromatic nitrogens is 1. The molecule has 2 N–H and O–H groups in total. The molecule has 0 aliphatic carbocycles. The molecule has 0 spiro atoms. The lowest BCUT2D eigenvalue weighted by molar-refractivity contribution is -0.119. The predicted molar refractivity (Wildman–Crippen MR) is 112 cm³/mol. The Morgan fingerprint density at radius 2 is 1.93 bits per heavy atom. The van der Waals surface area contributed by atoms with Crippen molar-refractivity contribution in [3.05, 3.63) is 68.6 Å². The maximum absolute atomic E-state index is 13.4. The van der Waals surface area contributed by atoms with Gasteiger partial charge < -0.3 is 10.4 Å². The molecule has 1 aromatic carbocycles. The van der Waals surface area contributed by atoms with Crippen molar-refractivity contribution in [1.29, 1.82) is 0 Å². The predicted octanol–water partition coefficient (Wildman–Crippen LogP) is 5.13. The number of fused-ring (bicyclic) bond motifs is 1. The summed E-state index contributed by atoms with van der Waals surface area (Å²) >= 11 is 18.3. The Balaban J connectivity index is 1.91. The third-order valence-electron chi connectivity index (χ3n) is 5.32. The molecule has 0 saturated heterocycles. The number of pyridine rings is 1. The van der Waals surface area contributed by atoms with Crippen LogP contribution in [-0.4, -0.2) is 33.5 Å². The van der Waals surface area contributed by atoms with Gasteiger partial charge in [-0.15, -0.1) is 0 Å². The van der Waals surface area contributed by atoms with Gasteiger partial charge in [0.25, 0.3) is 0 Å². The van der Waals surface area contributed by atoms with Crippen LogP contribution in [0.1, 0.15) is 24.0 Å². The third-order valence-corrected chi connectivity index (χ3v) is 5.94. The van der Waals surface area contributed by atoms with Crippen LogP contribution in [0.25, 0.3) is 0 Å². The molecule has 150 valence electrons. The molecule has 29 heavy (non-hydrogen) atoms. The van der Waals surface area contributed by atoms with Crippen LogP contribution in [0.5, 0.6) is 0 Å². The number of carboxylic acid groups (broad SMARTS) is 1. The first kappa shape index (κ1) is 20.0. The SMILES string of the molecule is O=C(O)N1C=C(C2(Cc3cc(Cl)nc(Cl)c3)C(=O)Nc3cc(Cl)ccc32)CCC1. The van der Waals surface area contributed by atoms with Crippen LogP contribution < -0.4 is 5.32 Å². The van der Waals surface area contributed by atoms with E-state index in [2.05, 4.69) is 10.3 Å². The van der Waals surface area contributed by atoms with Crippen LogP contribution in [0.3, 0.4) is 0 Å². The van der Waals surface area contributed by atoms with E-state index in [1.54, 1.807) is 36.5 Å². The van der Waals surface area contributed by atoms with Crippen molar-refractivity contribution < 1.29 is 14.7 Å². The molecule has 0 bridgehead atoms. The van der Waals surface area contributed by atoms with E-state index in [-0.39, 0.29) is 22.6 Å². The first-order valence-corrected chi connectivity index (χ1v) is 10.1. The molecule has 1 aromatic heterocycles. The zero-order valence-electron chi connectivity index (χ0n) is 15.1. The van der Waals surface area contributed by atoms with E-state index < -0.39 is 11.5 Å². The van der Waals surface area contributed by atoms with Crippen LogP contribution >= 0.6 is 34.8 Å². The number of carbonyl (C=O) groups excluding carboxylic acids is 1. The number of hydrogen-bond donors (Lipinski definition) is 2. The highest BCUT2D eigenvalue weighted by atomic mass is 35.5. The Labute approximate surface area is 182 Å². The van der Waals surface area contributed by atoms with Gasteiger partial charge in [-0.05, 0) is 60.2 Å². The molecule has 2 aromatic rings. The van der Waals surface area contributed by atoms with Crippen LogP contribution in [0.2, 0.25) is 15.3 Å². The van der Waals surface area contributed by atoms with Gasteiger partial charge in [-0.25, -0.2) is 9.78 Å². The van der Waals surface area contributed by atoms with E-state index in [0.29, 0.717) is 35.7 Å². The average molecular weight is 453 g/mol. The fourth-order valence-corrected chi connectivity index (χ4v) is 4.78. The standard InChI is InChI=1S/C20H16Cl3N3O3/c21-13-3-4-14-15(8-13)24-18(27)20(14,9-11-6-16(22)25-17(23)7-11)12-2-1-5-26(10-12)19(28)29/h3-4,6-8,10H,1-2,5,9H2,(H,24,27)(H,28,29). The molecule has 3 heterocycles. The monoisotopic (exact) mass is 451 g/mol. The van der Waals surface area contributed by atoms with E-state index in [0.717, 1.165) is 11.1 Å². The summed E-state index contributed by atoms with van der Waals surface area (Å²) in [5.41, 5.74) is 1.70. The van der Waals surface area contributed by atoms with Crippen LogP contribution in [-0.2, 0) is 16.6 Å². The largest absolute Gasteiger partial charge is 0.465 e. The molecule has 4 rings (SSSR count). The van der Waals surface area contributed by atoms with Crippen molar-refractivity contribution in [2.45, 2.75) is 24.7 Å². The lowest BCUT2D eigenvalue weighted by Gasteiger charge is -2.35. The molecule has 0 fully saturated rings. The van der Waals surface area contributed by atoms with Crippen molar-refractivity contribution in [2.24, 2.45) is 0 Å². The zero-order chi connectivity index (χ0) is 20.8. The molecule has 0 radical (unpaired) electrons. The second kappa shape index (κ2) is 7.52. The number of nitrogens with zero attached hydrogens (tertiary/aromatic N) is 2. The van der Waals surface area contributed by atoms with Gasteiger partial charge in [0.05, 0.1) is 0 Å². The number of amides is 2. The number of benzene rings is 1. The minimum absolute atomic E-state index is 0.224. The minimum Gasteiger partial charge on any atom is -0.465 e. The fraction of sp³-hybridized carbons (Fsp3) is 0.250. The summed E-state index contributed by atoms with van der Waals surface area (Å²) in [6.07, 6.45) is 1.98. The summed E-state index contributed by atoms with van der Waals surface area (Å²) in [6.45, 7) is 0.386. The van der Waals surface area contributed by atoms with E-state index in [4.69, 9.17) is 34.8 Å². The molecule has 9 heteroatoms. The number of nitrogens with one attached hydrogen (secondary N) is 1. The van der Waals surface area contributed by atoms with Crippen molar-refractivity contribution in [2.75, 3.05) is 11.9 Å². The fourth-order valence-electron chi connectivity index (χ4n) is 4.11. The summed E-state index contributed by atoms with van der Waals surface area (Å²) in [7, 11) is 0. The lowest BCUT2D eigenvalue weighted by Crippen LogP contribution is -2.42. The summed E-state index contributed by atoms with van der Waals surface area (Å²) < 4.78 is 0. The minimum atomic E-state index is -1.10. The summed E-state index contributed by atoms with van der Waals surface area (Å²) in [6, 6.07) is 8.55. The highest BCUT2D eigenvalue weighted by Crippen LogP contribution is 2.48. The molecule has 6 nitrogen and oxygen atoms in total. The van der Waals surface area contributed by atoms with Gasteiger partial charge >= 0.3 is 6.09 Å². The van der Waals surface area contributed by atoms with Crippen LogP contribution in [0, 0.1) is 0 Å². The highest BCUT2D eigenvalue weighted by Gasteiger charge is 2.50. The normalized spacial score (nSPS) is 20.9. The maximum Gasteiger partial charge on any atom is 0.411 e. The number of rotatable bonds is 3. The molecule has 1 atom stereocenters. The number of anilines is 1. The Morgan fingerprint density at radius 3 is 2.62 bits per heavy atom. The summed E-state index contributed by atoms with van der Waals surface area (Å²) in [5, 5.41) is 13.3. The molecular formula is C20H16Cl3N3O3. The zero-order valence-corrected chi connectivity index (χ0v) is 17.4. The van der Waals surface area contributed by atoms with Crippen LogP contribution in [0.4, 0.5) is 10.5 Å². The Morgan fingerprint density at radius 1 is 1.21 bits per heavy atom. The number of hydrogen-bond acceptors (Lipinski definition) is 3. The van der Waals surface area contributed by atoms with E-state index in [9.17, 15) is 14.7 Å². The van der Waals surface area contributed by atoms with E-state index >= 15 is 0 Å². The average Bonchev–Trinajstić information content (AvgIpc) is 2.92.